The molecule has 0 radical (unpaired) electrons. The molecule has 1 atom stereocenters. The predicted molar refractivity (Wildman–Crippen MR) is 58.9 cm³/mol. The zero-order chi connectivity index (χ0) is 10.6. The van der Waals surface area contributed by atoms with E-state index >= 15 is 0 Å². The minimum absolute atomic E-state index is 0.337. The number of aliphatic hydroxyl groups is 1. The van der Waals surface area contributed by atoms with E-state index in [-0.39, 0.29) is 6.10 Å². The smallest absolute Gasteiger partial charge is 0.130 e. The minimum atomic E-state index is -0.337. The van der Waals surface area contributed by atoms with E-state index in [9.17, 15) is 5.11 Å². The van der Waals surface area contributed by atoms with E-state index in [1.54, 1.807) is 12.4 Å². The number of hydrogen-bond donors (Lipinski definition) is 1. The van der Waals surface area contributed by atoms with Crippen molar-refractivity contribution in [3.05, 3.63) is 22.7 Å². The zero-order valence-corrected chi connectivity index (χ0v) is 10.0. The van der Waals surface area contributed by atoms with Crippen molar-refractivity contribution >= 4 is 15.9 Å². The fourth-order valence-electron chi connectivity index (χ4n) is 1.28. The molecule has 78 valence electrons. The summed E-state index contributed by atoms with van der Waals surface area (Å²) in [4.78, 5) is 8.22. The van der Waals surface area contributed by atoms with Gasteiger partial charge < -0.3 is 5.11 Å². The Kier molecular flexibility index (Phi) is 4.48. The number of rotatable bonds is 4. The van der Waals surface area contributed by atoms with Crippen LogP contribution < -0.4 is 0 Å². The fourth-order valence-corrected chi connectivity index (χ4v) is 1.49. The van der Waals surface area contributed by atoms with Crippen molar-refractivity contribution in [3.8, 4) is 0 Å². The molecule has 0 saturated heterocycles. The molecule has 3 nitrogen and oxygen atoms in total. The summed E-state index contributed by atoms with van der Waals surface area (Å²) in [5, 5.41) is 9.65. The maximum Gasteiger partial charge on any atom is 0.130 e. The van der Waals surface area contributed by atoms with Gasteiger partial charge in [0.2, 0.25) is 0 Å². The van der Waals surface area contributed by atoms with Crippen LogP contribution in [-0.4, -0.2) is 21.2 Å². The summed E-state index contributed by atoms with van der Waals surface area (Å²) in [7, 11) is 0. The first-order valence-corrected chi connectivity index (χ1v) is 5.51. The lowest BCUT2D eigenvalue weighted by molar-refractivity contribution is 0.147. The number of aromatic nitrogens is 2. The molecule has 0 aliphatic carbocycles. The van der Waals surface area contributed by atoms with Crippen LogP contribution in [0.5, 0.6) is 0 Å². The lowest BCUT2D eigenvalue weighted by atomic mass is 10.0. The summed E-state index contributed by atoms with van der Waals surface area (Å²) < 4.78 is 0.861. The Morgan fingerprint density at radius 2 is 1.93 bits per heavy atom. The third-order valence-electron chi connectivity index (χ3n) is 1.84. The Morgan fingerprint density at radius 3 is 2.43 bits per heavy atom. The van der Waals surface area contributed by atoms with Gasteiger partial charge in [-0.25, -0.2) is 9.97 Å². The Balaban J connectivity index is 2.47. The van der Waals surface area contributed by atoms with Gasteiger partial charge >= 0.3 is 0 Å². The summed E-state index contributed by atoms with van der Waals surface area (Å²) in [6, 6.07) is 0. The largest absolute Gasteiger partial charge is 0.393 e. The Labute approximate surface area is 92.7 Å². The highest BCUT2D eigenvalue weighted by atomic mass is 79.9. The molecule has 0 aliphatic rings. The second-order valence-corrected chi connectivity index (χ2v) is 4.72. The molecule has 0 spiro atoms. The van der Waals surface area contributed by atoms with E-state index in [0.29, 0.717) is 18.2 Å². The van der Waals surface area contributed by atoms with Crippen LogP contribution in [-0.2, 0) is 6.42 Å². The van der Waals surface area contributed by atoms with Crippen molar-refractivity contribution in [1.82, 2.24) is 9.97 Å². The van der Waals surface area contributed by atoms with Crippen LogP contribution in [0, 0.1) is 5.92 Å². The molecule has 0 amide bonds. The molecule has 14 heavy (non-hydrogen) atoms. The van der Waals surface area contributed by atoms with Crippen molar-refractivity contribution < 1.29 is 5.11 Å². The summed E-state index contributed by atoms with van der Waals surface area (Å²) >= 11 is 3.26. The molecule has 4 heteroatoms. The average Bonchev–Trinajstić information content (AvgIpc) is 2.07. The van der Waals surface area contributed by atoms with Crippen LogP contribution in [0.15, 0.2) is 16.9 Å². The quantitative estimate of drug-likeness (QED) is 0.901. The maximum absolute atomic E-state index is 9.65. The second-order valence-electron chi connectivity index (χ2n) is 3.81. The summed E-state index contributed by atoms with van der Waals surface area (Å²) in [6.45, 7) is 4.18. The normalized spacial score (nSPS) is 13.2. The lowest BCUT2D eigenvalue weighted by Gasteiger charge is -2.11. The first-order chi connectivity index (χ1) is 6.58. The standard InChI is InChI=1S/C10H15BrN2O/c1-7(2)3-9(14)4-10-12-5-8(11)6-13-10/h5-7,9,14H,3-4H2,1-2H3. The van der Waals surface area contributed by atoms with Crippen molar-refractivity contribution in [1.29, 1.82) is 0 Å². The third-order valence-corrected chi connectivity index (χ3v) is 2.24. The van der Waals surface area contributed by atoms with Gasteiger partial charge in [-0.15, -0.1) is 0 Å². The molecule has 0 saturated carbocycles. The van der Waals surface area contributed by atoms with E-state index in [1.165, 1.54) is 0 Å². The van der Waals surface area contributed by atoms with Crippen LogP contribution >= 0.6 is 15.9 Å². The molecule has 1 rings (SSSR count). The Morgan fingerprint density at radius 1 is 1.36 bits per heavy atom. The van der Waals surface area contributed by atoms with Gasteiger partial charge in [0, 0.05) is 18.8 Å². The van der Waals surface area contributed by atoms with E-state index in [0.717, 1.165) is 10.9 Å². The topological polar surface area (TPSA) is 46.0 Å². The summed E-state index contributed by atoms with van der Waals surface area (Å²) in [5.74, 6) is 1.20. The van der Waals surface area contributed by atoms with Gasteiger partial charge in [-0.1, -0.05) is 13.8 Å². The number of aliphatic hydroxyl groups excluding tert-OH is 1. The Bertz CT molecular complexity index is 274. The van der Waals surface area contributed by atoms with Gasteiger partial charge in [-0.2, -0.15) is 0 Å². The summed E-state index contributed by atoms with van der Waals surface area (Å²) in [6.07, 6.45) is 4.39. The van der Waals surface area contributed by atoms with Gasteiger partial charge in [0.05, 0.1) is 10.6 Å². The van der Waals surface area contributed by atoms with Gasteiger partial charge in [0.25, 0.3) is 0 Å². The Hall–Kier alpha value is -0.480. The second kappa shape index (κ2) is 5.41. The SMILES string of the molecule is CC(C)CC(O)Cc1ncc(Br)cn1. The molecular formula is C10H15BrN2O. The van der Waals surface area contributed by atoms with Gasteiger partial charge in [-0.05, 0) is 28.3 Å². The van der Waals surface area contributed by atoms with Gasteiger partial charge in [0.1, 0.15) is 5.82 Å². The van der Waals surface area contributed by atoms with E-state index in [1.807, 2.05) is 0 Å². The lowest BCUT2D eigenvalue weighted by Crippen LogP contribution is -2.15. The first-order valence-electron chi connectivity index (χ1n) is 4.72. The van der Waals surface area contributed by atoms with Crippen molar-refractivity contribution in [2.45, 2.75) is 32.8 Å². The number of nitrogens with zero attached hydrogens (tertiary/aromatic N) is 2. The molecule has 0 aliphatic heterocycles. The monoisotopic (exact) mass is 258 g/mol. The van der Waals surface area contributed by atoms with Crippen LogP contribution in [0.2, 0.25) is 0 Å². The highest BCUT2D eigenvalue weighted by Crippen LogP contribution is 2.09. The molecule has 1 aromatic rings. The third kappa shape index (κ3) is 4.15. The average molecular weight is 259 g/mol. The van der Waals surface area contributed by atoms with Crippen molar-refractivity contribution in [2.75, 3.05) is 0 Å². The van der Waals surface area contributed by atoms with Crippen LogP contribution in [0.25, 0.3) is 0 Å². The molecule has 1 N–H and O–H groups in total. The molecule has 0 bridgehead atoms. The molecule has 1 unspecified atom stereocenters. The van der Waals surface area contributed by atoms with Crippen LogP contribution in [0.1, 0.15) is 26.1 Å². The van der Waals surface area contributed by atoms with Crippen LogP contribution in [0.3, 0.4) is 0 Å². The van der Waals surface area contributed by atoms with Gasteiger partial charge in [0.15, 0.2) is 0 Å². The first kappa shape index (κ1) is 11.6. The maximum atomic E-state index is 9.65. The van der Waals surface area contributed by atoms with Crippen molar-refractivity contribution in [2.24, 2.45) is 5.92 Å². The predicted octanol–water partition coefficient (Wildman–Crippen LogP) is 2.19. The fraction of sp³-hybridized carbons (Fsp3) is 0.600. The molecule has 0 aromatic carbocycles. The molecule has 0 fully saturated rings. The highest BCUT2D eigenvalue weighted by molar-refractivity contribution is 9.10. The van der Waals surface area contributed by atoms with Gasteiger partial charge in [-0.3, -0.25) is 0 Å². The molecule has 1 aromatic heterocycles. The number of hydrogen-bond acceptors (Lipinski definition) is 3. The summed E-state index contributed by atoms with van der Waals surface area (Å²) in [5.41, 5.74) is 0. The molecule has 1 heterocycles. The zero-order valence-electron chi connectivity index (χ0n) is 8.44. The highest BCUT2D eigenvalue weighted by Gasteiger charge is 2.09. The van der Waals surface area contributed by atoms with E-state index in [4.69, 9.17) is 0 Å². The van der Waals surface area contributed by atoms with E-state index in [2.05, 4.69) is 39.7 Å². The number of halogens is 1. The van der Waals surface area contributed by atoms with Crippen molar-refractivity contribution in [3.63, 3.8) is 0 Å². The van der Waals surface area contributed by atoms with Crippen LogP contribution in [0.4, 0.5) is 0 Å². The molecular weight excluding hydrogens is 244 g/mol. The van der Waals surface area contributed by atoms with E-state index < -0.39 is 0 Å². The minimum Gasteiger partial charge on any atom is -0.393 e.